The van der Waals surface area contributed by atoms with Crippen molar-refractivity contribution in [3.8, 4) is 0 Å². The number of hydrogen-bond donors (Lipinski definition) is 0. The van der Waals surface area contributed by atoms with Crippen molar-refractivity contribution in [1.29, 1.82) is 0 Å². The van der Waals surface area contributed by atoms with Gasteiger partial charge in [0.1, 0.15) is 0 Å². The highest BCUT2D eigenvalue weighted by molar-refractivity contribution is 9.13. The molecule has 0 spiro atoms. The topological polar surface area (TPSA) is 12.9 Å². The maximum atomic E-state index is 4.43. The largest absolute Gasteiger partial charge is 0.255 e. The summed E-state index contributed by atoms with van der Waals surface area (Å²) in [5, 5.41) is 1.19. The Morgan fingerprint density at radius 3 is 2.43 bits per heavy atom. The van der Waals surface area contributed by atoms with Crippen LogP contribution in [0.15, 0.2) is 27.3 Å². The van der Waals surface area contributed by atoms with Gasteiger partial charge in [-0.25, -0.2) is 0 Å². The molecule has 0 atom stereocenters. The summed E-state index contributed by atoms with van der Waals surface area (Å²) in [6.45, 7) is 4.18. The molecule has 0 aliphatic carbocycles. The highest BCUT2D eigenvalue weighted by atomic mass is 79.9. The van der Waals surface area contributed by atoms with Crippen molar-refractivity contribution in [2.75, 3.05) is 0 Å². The fourth-order valence-electron chi connectivity index (χ4n) is 1.54. The quantitative estimate of drug-likeness (QED) is 0.703. The second-order valence-electron chi connectivity index (χ2n) is 3.34. The molecule has 3 heteroatoms. The first-order chi connectivity index (χ1) is 6.61. The van der Waals surface area contributed by atoms with Crippen LogP contribution in [0.4, 0.5) is 0 Å². The van der Waals surface area contributed by atoms with Crippen molar-refractivity contribution in [2.45, 2.75) is 13.8 Å². The third-order valence-corrected chi connectivity index (χ3v) is 4.28. The summed E-state index contributed by atoms with van der Waals surface area (Å²) in [5.41, 5.74) is 3.52. The van der Waals surface area contributed by atoms with Gasteiger partial charge in [0, 0.05) is 16.1 Å². The highest BCUT2D eigenvalue weighted by Crippen LogP contribution is 2.33. The second kappa shape index (κ2) is 3.63. The summed E-state index contributed by atoms with van der Waals surface area (Å²) in [6.07, 6.45) is 1.83. The summed E-state index contributed by atoms with van der Waals surface area (Å²) in [7, 11) is 0. The summed E-state index contributed by atoms with van der Waals surface area (Å²) in [4.78, 5) is 4.43. The molecule has 0 bridgehead atoms. The van der Waals surface area contributed by atoms with Crippen molar-refractivity contribution in [3.05, 3.63) is 38.4 Å². The standard InChI is InChI=1S/C11H9Br2N/c1-6-3-4-7(2)11-9(6)10(13)8(12)5-14-11/h3-5H,1-2H3. The van der Waals surface area contributed by atoms with E-state index in [4.69, 9.17) is 0 Å². The molecule has 2 aromatic rings. The van der Waals surface area contributed by atoms with Crippen LogP contribution in [0.25, 0.3) is 10.9 Å². The molecule has 0 aliphatic rings. The lowest BCUT2D eigenvalue weighted by Crippen LogP contribution is -1.88. The van der Waals surface area contributed by atoms with Crippen LogP contribution in [0, 0.1) is 13.8 Å². The molecular weight excluding hydrogens is 306 g/mol. The Kier molecular flexibility index (Phi) is 2.62. The van der Waals surface area contributed by atoms with Crippen molar-refractivity contribution < 1.29 is 0 Å². The van der Waals surface area contributed by atoms with E-state index in [0.717, 1.165) is 14.5 Å². The second-order valence-corrected chi connectivity index (χ2v) is 4.99. The Bertz CT molecular complexity index is 506. The number of nitrogens with zero attached hydrogens (tertiary/aromatic N) is 1. The van der Waals surface area contributed by atoms with Crippen LogP contribution in [0.5, 0.6) is 0 Å². The molecule has 1 aromatic carbocycles. The van der Waals surface area contributed by atoms with E-state index in [2.05, 4.69) is 62.8 Å². The SMILES string of the molecule is Cc1ccc(C)c2c(Br)c(Br)cnc12. The molecule has 0 saturated heterocycles. The maximum Gasteiger partial charge on any atom is 0.0745 e. The molecule has 0 radical (unpaired) electrons. The van der Waals surface area contributed by atoms with Gasteiger partial charge in [0.05, 0.1) is 9.99 Å². The van der Waals surface area contributed by atoms with E-state index in [-0.39, 0.29) is 0 Å². The number of aromatic nitrogens is 1. The molecule has 0 aliphatic heterocycles. The average molecular weight is 315 g/mol. The smallest absolute Gasteiger partial charge is 0.0745 e. The first-order valence-electron chi connectivity index (χ1n) is 4.31. The van der Waals surface area contributed by atoms with E-state index < -0.39 is 0 Å². The molecule has 14 heavy (non-hydrogen) atoms. The van der Waals surface area contributed by atoms with Gasteiger partial charge in [0.15, 0.2) is 0 Å². The lowest BCUT2D eigenvalue weighted by Gasteiger charge is -2.07. The lowest BCUT2D eigenvalue weighted by molar-refractivity contribution is 1.32. The zero-order valence-corrected chi connectivity index (χ0v) is 11.1. The predicted octanol–water partition coefficient (Wildman–Crippen LogP) is 4.38. The predicted molar refractivity (Wildman–Crippen MR) is 66.6 cm³/mol. The van der Waals surface area contributed by atoms with Gasteiger partial charge in [-0.3, -0.25) is 4.98 Å². The zero-order chi connectivity index (χ0) is 10.3. The molecule has 72 valence electrons. The van der Waals surface area contributed by atoms with Crippen molar-refractivity contribution >= 4 is 42.8 Å². The van der Waals surface area contributed by atoms with Gasteiger partial charge in [0.25, 0.3) is 0 Å². The number of aryl methyl sites for hydroxylation is 2. The number of benzene rings is 1. The molecule has 1 heterocycles. The molecule has 0 amide bonds. The molecule has 1 nitrogen and oxygen atoms in total. The minimum Gasteiger partial charge on any atom is -0.255 e. The number of rotatable bonds is 0. The third kappa shape index (κ3) is 1.48. The summed E-state index contributed by atoms with van der Waals surface area (Å²) < 4.78 is 2.09. The Labute approximate surface area is 99.8 Å². The van der Waals surface area contributed by atoms with Gasteiger partial charge in [-0.2, -0.15) is 0 Å². The van der Waals surface area contributed by atoms with Crippen LogP contribution in [-0.2, 0) is 0 Å². The fraction of sp³-hybridized carbons (Fsp3) is 0.182. The molecule has 1 aromatic heterocycles. The minimum absolute atomic E-state index is 0.999. The van der Waals surface area contributed by atoms with Crippen molar-refractivity contribution in [2.24, 2.45) is 0 Å². The van der Waals surface area contributed by atoms with E-state index in [1.807, 2.05) is 6.20 Å². The number of hydrogen-bond acceptors (Lipinski definition) is 1. The first-order valence-corrected chi connectivity index (χ1v) is 5.90. The normalized spacial score (nSPS) is 10.9. The van der Waals surface area contributed by atoms with Crippen LogP contribution >= 0.6 is 31.9 Å². The molecule has 2 rings (SSSR count). The summed E-state index contributed by atoms with van der Waals surface area (Å²) >= 11 is 7.04. The van der Waals surface area contributed by atoms with Crippen molar-refractivity contribution in [3.63, 3.8) is 0 Å². The fourth-order valence-corrected chi connectivity index (χ4v) is 2.44. The van der Waals surface area contributed by atoms with Gasteiger partial charge < -0.3 is 0 Å². The molecule has 0 saturated carbocycles. The van der Waals surface area contributed by atoms with Gasteiger partial charge in [0.2, 0.25) is 0 Å². The monoisotopic (exact) mass is 313 g/mol. The van der Waals surface area contributed by atoms with E-state index in [1.54, 1.807) is 0 Å². The van der Waals surface area contributed by atoms with Crippen LogP contribution in [0.3, 0.4) is 0 Å². The van der Waals surface area contributed by atoms with E-state index >= 15 is 0 Å². The number of fused-ring (bicyclic) bond motifs is 1. The van der Waals surface area contributed by atoms with Crippen LogP contribution < -0.4 is 0 Å². The first kappa shape index (κ1) is 10.1. The molecule has 0 unspecified atom stereocenters. The third-order valence-electron chi connectivity index (χ3n) is 2.32. The minimum atomic E-state index is 0.999. The van der Waals surface area contributed by atoms with Gasteiger partial charge in [-0.15, -0.1) is 0 Å². The molecular formula is C11H9Br2N. The Hall–Kier alpha value is -0.410. The molecule has 0 fully saturated rings. The molecule has 0 N–H and O–H groups in total. The number of pyridine rings is 1. The van der Waals surface area contributed by atoms with Crippen LogP contribution in [0.1, 0.15) is 11.1 Å². The van der Waals surface area contributed by atoms with Gasteiger partial charge >= 0.3 is 0 Å². The lowest BCUT2D eigenvalue weighted by atomic mass is 10.1. The van der Waals surface area contributed by atoms with Crippen molar-refractivity contribution in [1.82, 2.24) is 4.98 Å². The maximum absolute atomic E-state index is 4.43. The van der Waals surface area contributed by atoms with E-state index in [1.165, 1.54) is 16.5 Å². The van der Waals surface area contributed by atoms with Gasteiger partial charge in [-0.1, -0.05) is 12.1 Å². The number of halogens is 2. The van der Waals surface area contributed by atoms with Crippen LogP contribution in [0.2, 0.25) is 0 Å². The Morgan fingerprint density at radius 2 is 1.71 bits per heavy atom. The van der Waals surface area contributed by atoms with E-state index in [0.29, 0.717) is 0 Å². The average Bonchev–Trinajstić information content (AvgIpc) is 2.16. The summed E-state index contributed by atoms with van der Waals surface area (Å²) in [5.74, 6) is 0. The van der Waals surface area contributed by atoms with Gasteiger partial charge in [-0.05, 0) is 56.8 Å². The van der Waals surface area contributed by atoms with Crippen LogP contribution in [-0.4, -0.2) is 4.98 Å². The van der Waals surface area contributed by atoms with E-state index in [9.17, 15) is 0 Å². The zero-order valence-electron chi connectivity index (χ0n) is 7.94. The summed E-state index contributed by atoms with van der Waals surface area (Å²) in [6, 6.07) is 4.22. The Morgan fingerprint density at radius 1 is 1.07 bits per heavy atom. The highest BCUT2D eigenvalue weighted by Gasteiger charge is 2.08. The Balaban J connectivity index is 3.01.